The molecule has 4 rings (SSSR count). The number of carbonyl (C=O) groups excluding carboxylic acids is 2. The first kappa shape index (κ1) is 32.3. The van der Waals surface area contributed by atoms with E-state index < -0.39 is 0 Å². The first-order valence-corrected chi connectivity index (χ1v) is 15.0. The Labute approximate surface area is 253 Å². The number of carbonyl (C=O) groups is 2. The van der Waals surface area contributed by atoms with Crippen LogP contribution in [0.3, 0.4) is 0 Å². The van der Waals surface area contributed by atoms with Crippen molar-refractivity contribution in [1.82, 2.24) is 20.3 Å². The fourth-order valence-corrected chi connectivity index (χ4v) is 4.87. The number of hydrogen-bond donors (Lipinski definition) is 1. The van der Waals surface area contributed by atoms with Crippen LogP contribution in [0.15, 0.2) is 48.5 Å². The zero-order valence-corrected chi connectivity index (χ0v) is 25.4. The largest absolute Gasteiger partial charge is 0.379 e. The Balaban J connectivity index is 1.27. The summed E-state index contributed by atoms with van der Waals surface area (Å²) in [5.41, 5.74) is 5.35. The molecule has 1 aromatic heterocycles. The Hall–Kier alpha value is -3.64. The number of ether oxygens (including phenoxy) is 4. The normalized spacial score (nSPS) is 12.3. The van der Waals surface area contributed by atoms with Gasteiger partial charge in [0.2, 0.25) is 11.8 Å². The summed E-state index contributed by atoms with van der Waals surface area (Å²) in [5, 5.41) is 11.9. The lowest BCUT2D eigenvalue weighted by Gasteiger charge is -2.29. The number of para-hydroxylation sites is 1. The molecule has 11 heteroatoms. The van der Waals surface area contributed by atoms with Crippen molar-refractivity contribution in [2.24, 2.45) is 0 Å². The van der Waals surface area contributed by atoms with Gasteiger partial charge in [-0.05, 0) is 32.4 Å². The van der Waals surface area contributed by atoms with Crippen LogP contribution < -0.4 is 10.2 Å². The van der Waals surface area contributed by atoms with Crippen molar-refractivity contribution in [2.45, 2.75) is 46.2 Å². The lowest BCUT2D eigenvalue weighted by molar-refractivity contribution is -0.122. The summed E-state index contributed by atoms with van der Waals surface area (Å²) < 4.78 is 23.4. The summed E-state index contributed by atoms with van der Waals surface area (Å²) in [7, 11) is 0. The van der Waals surface area contributed by atoms with Crippen molar-refractivity contribution in [2.75, 3.05) is 64.3 Å². The van der Waals surface area contributed by atoms with E-state index in [1.165, 1.54) is 0 Å². The van der Waals surface area contributed by atoms with Gasteiger partial charge >= 0.3 is 0 Å². The standard InChI is InChI=1S/C32H43N5O6/c1-4-40-17-18-42-21-22-43-20-19-41-16-14-29(38)33-15-13-30(39)36-23-25-9-5-6-10-26(25)31-32(37(24(2)3)35-34-31)27-11-7-8-12-28(27)36/h5-12,24H,4,13-23H2,1-3H3,(H,33,38). The van der Waals surface area contributed by atoms with Gasteiger partial charge in [0, 0.05) is 43.2 Å². The third-order valence-electron chi connectivity index (χ3n) is 6.99. The molecule has 1 aliphatic rings. The fourth-order valence-electron chi connectivity index (χ4n) is 4.87. The second kappa shape index (κ2) is 16.9. The van der Waals surface area contributed by atoms with E-state index in [0.717, 1.165) is 33.8 Å². The Morgan fingerprint density at radius 2 is 1.47 bits per heavy atom. The molecule has 0 fully saturated rings. The molecular weight excluding hydrogens is 550 g/mol. The topological polar surface area (TPSA) is 117 Å². The van der Waals surface area contributed by atoms with Gasteiger partial charge in [-0.2, -0.15) is 0 Å². The summed E-state index contributed by atoms with van der Waals surface area (Å²) in [4.78, 5) is 27.8. The van der Waals surface area contributed by atoms with Gasteiger partial charge in [-0.25, -0.2) is 4.68 Å². The van der Waals surface area contributed by atoms with Crippen LogP contribution in [-0.4, -0.2) is 86.2 Å². The summed E-state index contributed by atoms with van der Waals surface area (Å²) in [6.45, 7) is 10.6. The van der Waals surface area contributed by atoms with Crippen LogP contribution >= 0.6 is 0 Å². The van der Waals surface area contributed by atoms with Crippen LogP contribution in [0, 0.1) is 0 Å². The van der Waals surface area contributed by atoms with E-state index >= 15 is 0 Å². The van der Waals surface area contributed by atoms with Crippen LogP contribution in [0.1, 0.15) is 45.2 Å². The van der Waals surface area contributed by atoms with E-state index in [-0.39, 0.29) is 43.8 Å². The molecule has 1 aliphatic heterocycles. The molecule has 0 unspecified atom stereocenters. The number of rotatable bonds is 17. The Bertz CT molecular complexity index is 1330. The molecule has 43 heavy (non-hydrogen) atoms. The van der Waals surface area contributed by atoms with E-state index in [2.05, 4.69) is 29.5 Å². The van der Waals surface area contributed by atoms with Gasteiger partial charge in [-0.1, -0.05) is 47.7 Å². The third-order valence-corrected chi connectivity index (χ3v) is 6.99. The first-order chi connectivity index (χ1) is 21.0. The van der Waals surface area contributed by atoms with Crippen LogP contribution in [-0.2, 0) is 35.1 Å². The number of amides is 2. The lowest BCUT2D eigenvalue weighted by Crippen LogP contribution is -2.35. The smallest absolute Gasteiger partial charge is 0.229 e. The highest BCUT2D eigenvalue weighted by Gasteiger charge is 2.29. The molecule has 1 N–H and O–H groups in total. The highest BCUT2D eigenvalue weighted by molar-refractivity contribution is 6.00. The van der Waals surface area contributed by atoms with Crippen LogP contribution in [0.2, 0.25) is 0 Å². The molecule has 0 atom stereocenters. The van der Waals surface area contributed by atoms with Crippen LogP contribution in [0.5, 0.6) is 0 Å². The van der Waals surface area contributed by atoms with Gasteiger partial charge in [-0.15, -0.1) is 5.10 Å². The Kier molecular flexibility index (Phi) is 12.7. The molecule has 0 spiro atoms. The number of nitrogens with zero attached hydrogens (tertiary/aromatic N) is 4. The predicted molar refractivity (Wildman–Crippen MR) is 164 cm³/mol. The molecule has 3 aromatic rings. The molecule has 2 amide bonds. The average Bonchev–Trinajstić information content (AvgIpc) is 3.44. The van der Waals surface area contributed by atoms with Crippen molar-refractivity contribution in [1.29, 1.82) is 0 Å². The van der Waals surface area contributed by atoms with Crippen molar-refractivity contribution < 1.29 is 28.5 Å². The minimum Gasteiger partial charge on any atom is -0.379 e. The summed E-state index contributed by atoms with van der Waals surface area (Å²) in [5.74, 6) is -0.240. The number of benzene rings is 2. The van der Waals surface area contributed by atoms with Gasteiger partial charge in [0.15, 0.2) is 0 Å². The molecule has 0 saturated heterocycles. The van der Waals surface area contributed by atoms with Crippen molar-refractivity contribution in [3.8, 4) is 22.5 Å². The van der Waals surface area contributed by atoms with Crippen molar-refractivity contribution in [3.05, 3.63) is 54.1 Å². The highest BCUT2D eigenvalue weighted by Crippen LogP contribution is 2.41. The minimum atomic E-state index is -0.161. The van der Waals surface area contributed by atoms with E-state index in [1.807, 2.05) is 60.1 Å². The van der Waals surface area contributed by atoms with E-state index in [1.54, 1.807) is 4.90 Å². The average molecular weight is 594 g/mol. The molecule has 0 saturated carbocycles. The zero-order chi connectivity index (χ0) is 30.4. The third kappa shape index (κ3) is 8.93. The minimum absolute atomic E-state index is 0.0788. The summed E-state index contributed by atoms with van der Waals surface area (Å²) >= 11 is 0. The molecule has 0 radical (unpaired) electrons. The second-order valence-electron chi connectivity index (χ2n) is 10.4. The zero-order valence-electron chi connectivity index (χ0n) is 25.4. The van der Waals surface area contributed by atoms with Gasteiger partial charge < -0.3 is 29.2 Å². The number of aromatic nitrogens is 3. The molecule has 0 bridgehead atoms. The van der Waals surface area contributed by atoms with Crippen molar-refractivity contribution >= 4 is 17.5 Å². The fraction of sp³-hybridized carbons (Fsp3) is 0.500. The van der Waals surface area contributed by atoms with E-state index in [4.69, 9.17) is 18.9 Å². The highest BCUT2D eigenvalue weighted by atomic mass is 16.6. The maximum absolute atomic E-state index is 13.6. The van der Waals surface area contributed by atoms with Gasteiger partial charge in [0.1, 0.15) is 5.69 Å². The maximum atomic E-state index is 13.6. The lowest BCUT2D eigenvalue weighted by atomic mass is 9.95. The molecule has 2 heterocycles. The number of anilines is 1. The Morgan fingerprint density at radius 1 is 0.837 bits per heavy atom. The monoisotopic (exact) mass is 593 g/mol. The summed E-state index contributed by atoms with van der Waals surface area (Å²) in [6, 6.07) is 15.9. The number of nitrogens with one attached hydrogen (secondary N) is 1. The predicted octanol–water partition coefficient (Wildman–Crippen LogP) is 4.02. The SMILES string of the molecule is CCOCCOCCOCCOCCC(=O)NCCC(=O)N1Cc2ccccc2-c2nnn(C(C)C)c2-c2ccccc21. The molecular formula is C32H43N5O6. The van der Waals surface area contributed by atoms with Gasteiger partial charge in [0.25, 0.3) is 0 Å². The first-order valence-electron chi connectivity index (χ1n) is 15.0. The van der Waals surface area contributed by atoms with E-state index in [9.17, 15) is 9.59 Å². The van der Waals surface area contributed by atoms with Crippen molar-refractivity contribution in [3.63, 3.8) is 0 Å². The molecule has 2 aromatic carbocycles. The maximum Gasteiger partial charge on any atom is 0.229 e. The molecule has 232 valence electrons. The van der Waals surface area contributed by atoms with Crippen LogP contribution in [0.25, 0.3) is 22.5 Å². The van der Waals surface area contributed by atoms with Gasteiger partial charge in [-0.3, -0.25) is 9.59 Å². The number of hydrogen-bond acceptors (Lipinski definition) is 8. The molecule has 11 nitrogen and oxygen atoms in total. The van der Waals surface area contributed by atoms with E-state index in [0.29, 0.717) is 52.8 Å². The van der Waals surface area contributed by atoms with Crippen LogP contribution in [0.4, 0.5) is 5.69 Å². The Morgan fingerprint density at radius 3 is 2.16 bits per heavy atom. The van der Waals surface area contributed by atoms with Gasteiger partial charge in [0.05, 0.1) is 64.2 Å². The number of fused-ring (bicyclic) bond motifs is 5. The second-order valence-corrected chi connectivity index (χ2v) is 10.4. The summed E-state index contributed by atoms with van der Waals surface area (Å²) in [6.07, 6.45) is 0.377. The molecule has 0 aliphatic carbocycles. The quantitative estimate of drug-likeness (QED) is 0.233.